The summed E-state index contributed by atoms with van der Waals surface area (Å²) in [6, 6.07) is 19.0. The van der Waals surface area contributed by atoms with E-state index in [1.807, 2.05) is 6.07 Å². The summed E-state index contributed by atoms with van der Waals surface area (Å²) in [6.45, 7) is 3.99. The van der Waals surface area contributed by atoms with Crippen molar-refractivity contribution in [3.05, 3.63) is 94.5 Å². The van der Waals surface area contributed by atoms with Crippen molar-refractivity contribution >= 4 is 33.4 Å². The molecular formula is C24H22ClNO5S. The van der Waals surface area contributed by atoms with Crippen molar-refractivity contribution in [3.8, 4) is 5.75 Å². The minimum absolute atomic E-state index is 0.0252. The summed E-state index contributed by atoms with van der Waals surface area (Å²) in [7, 11) is -3.85. The maximum absolute atomic E-state index is 12.8. The van der Waals surface area contributed by atoms with E-state index in [1.54, 1.807) is 50.2 Å². The summed E-state index contributed by atoms with van der Waals surface area (Å²) in [5.74, 6) is -0.657. The fourth-order valence-corrected chi connectivity index (χ4v) is 5.09. The van der Waals surface area contributed by atoms with E-state index in [0.717, 1.165) is 0 Å². The van der Waals surface area contributed by atoms with Crippen LogP contribution in [0.25, 0.3) is 0 Å². The van der Waals surface area contributed by atoms with Crippen LogP contribution in [0.1, 0.15) is 40.1 Å². The molecule has 0 bridgehead atoms. The Balaban J connectivity index is 1.80. The van der Waals surface area contributed by atoms with Crippen molar-refractivity contribution in [1.29, 1.82) is 0 Å². The lowest BCUT2D eigenvalue weighted by Crippen LogP contribution is -2.31. The molecule has 32 heavy (non-hydrogen) atoms. The molecule has 0 aliphatic heterocycles. The molecule has 0 atom stereocenters. The van der Waals surface area contributed by atoms with E-state index in [9.17, 15) is 18.0 Å². The molecule has 0 fully saturated rings. The molecule has 0 heterocycles. The summed E-state index contributed by atoms with van der Waals surface area (Å²) < 4.78 is 32.3. The smallest absolute Gasteiger partial charge is 0.343 e. The van der Waals surface area contributed by atoms with E-state index in [4.69, 9.17) is 16.3 Å². The zero-order valence-corrected chi connectivity index (χ0v) is 19.2. The third-order valence-electron chi connectivity index (χ3n) is 4.85. The number of ether oxygens (including phenoxy) is 1. The van der Waals surface area contributed by atoms with Gasteiger partial charge in [-0.15, -0.1) is 0 Å². The quantitative estimate of drug-likeness (QED) is 0.267. The van der Waals surface area contributed by atoms with Gasteiger partial charge in [0, 0.05) is 24.2 Å². The van der Waals surface area contributed by atoms with Crippen molar-refractivity contribution in [1.82, 2.24) is 4.31 Å². The van der Waals surface area contributed by atoms with Gasteiger partial charge in [-0.2, -0.15) is 4.31 Å². The lowest BCUT2D eigenvalue weighted by molar-refractivity contribution is 0.0734. The van der Waals surface area contributed by atoms with Gasteiger partial charge in [0.05, 0.1) is 10.6 Å². The summed E-state index contributed by atoms with van der Waals surface area (Å²) in [6.07, 6.45) is 0. The Morgan fingerprint density at radius 2 is 1.41 bits per heavy atom. The SMILES string of the molecule is CCN(CC)S(=O)(=O)c1cc(C(=O)Oc2ccc(C(=O)c3ccccc3)cc2)ccc1Cl. The minimum atomic E-state index is -3.85. The molecule has 0 saturated heterocycles. The number of nitrogens with zero attached hydrogens (tertiary/aromatic N) is 1. The van der Waals surface area contributed by atoms with E-state index >= 15 is 0 Å². The molecule has 6 nitrogen and oxygen atoms in total. The fraction of sp³-hybridized carbons (Fsp3) is 0.167. The Morgan fingerprint density at radius 1 is 0.844 bits per heavy atom. The topological polar surface area (TPSA) is 80.8 Å². The second-order valence-electron chi connectivity index (χ2n) is 6.84. The molecular weight excluding hydrogens is 450 g/mol. The second-order valence-corrected chi connectivity index (χ2v) is 9.16. The van der Waals surface area contributed by atoms with E-state index in [0.29, 0.717) is 11.1 Å². The van der Waals surface area contributed by atoms with Crippen LogP contribution in [0.2, 0.25) is 5.02 Å². The fourth-order valence-electron chi connectivity index (χ4n) is 3.13. The van der Waals surface area contributed by atoms with Crippen molar-refractivity contribution < 1.29 is 22.7 Å². The van der Waals surface area contributed by atoms with Crippen LogP contribution in [0, 0.1) is 0 Å². The standard InChI is InChI=1S/C24H22ClNO5S/c1-3-26(4-2)32(29,30)22-16-19(12-15-21(22)25)24(28)31-20-13-10-18(11-14-20)23(27)17-8-6-5-7-9-17/h5-16H,3-4H2,1-2H3. The lowest BCUT2D eigenvalue weighted by Gasteiger charge is -2.19. The zero-order chi connectivity index (χ0) is 23.3. The average molecular weight is 472 g/mol. The third kappa shape index (κ3) is 5.07. The van der Waals surface area contributed by atoms with Crippen LogP contribution < -0.4 is 4.74 Å². The molecule has 3 aromatic carbocycles. The first-order valence-corrected chi connectivity index (χ1v) is 11.8. The van der Waals surface area contributed by atoms with Crippen LogP contribution >= 0.6 is 11.6 Å². The van der Waals surface area contributed by atoms with Gasteiger partial charge in [0.2, 0.25) is 10.0 Å². The van der Waals surface area contributed by atoms with Gasteiger partial charge >= 0.3 is 5.97 Å². The Morgan fingerprint density at radius 3 is 2.00 bits per heavy atom. The average Bonchev–Trinajstić information content (AvgIpc) is 2.80. The summed E-state index contributed by atoms with van der Waals surface area (Å²) in [5, 5.41) is 0.0252. The molecule has 0 radical (unpaired) electrons. The molecule has 0 saturated carbocycles. The number of carbonyl (C=O) groups excluding carboxylic acids is 2. The third-order valence-corrected chi connectivity index (χ3v) is 7.38. The number of halogens is 1. The van der Waals surface area contributed by atoms with Gasteiger partial charge < -0.3 is 4.74 Å². The van der Waals surface area contributed by atoms with Crippen LogP contribution in [-0.2, 0) is 10.0 Å². The Hall–Kier alpha value is -3.00. The monoisotopic (exact) mass is 471 g/mol. The normalized spacial score (nSPS) is 11.4. The van der Waals surface area contributed by atoms with Gasteiger partial charge in [-0.3, -0.25) is 4.79 Å². The van der Waals surface area contributed by atoms with Gasteiger partial charge in [0.15, 0.2) is 5.78 Å². The van der Waals surface area contributed by atoms with Crippen LogP contribution in [0.4, 0.5) is 0 Å². The molecule has 8 heteroatoms. The molecule has 0 unspecified atom stereocenters. The zero-order valence-electron chi connectivity index (χ0n) is 17.6. The molecule has 0 spiro atoms. The van der Waals surface area contributed by atoms with Gasteiger partial charge in [-0.1, -0.05) is 55.8 Å². The highest BCUT2D eigenvalue weighted by atomic mass is 35.5. The summed E-state index contributed by atoms with van der Waals surface area (Å²) in [4.78, 5) is 24.9. The highest BCUT2D eigenvalue weighted by Crippen LogP contribution is 2.26. The van der Waals surface area contributed by atoms with E-state index < -0.39 is 16.0 Å². The minimum Gasteiger partial charge on any atom is -0.423 e. The Labute approximate surface area is 192 Å². The number of hydrogen-bond donors (Lipinski definition) is 0. The maximum Gasteiger partial charge on any atom is 0.343 e. The molecule has 0 amide bonds. The number of esters is 1. The molecule has 0 N–H and O–H groups in total. The van der Waals surface area contributed by atoms with Gasteiger partial charge in [0.25, 0.3) is 0 Å². The van der Waals surface area contributed by atoms with Gasteiger partial charge in [-0.05, 0) is 42.5 Å². The number of benzene rings is 3. The van der Waals surface area contributed by atoms with Crippen molar-refractivity contribution in [3.63, 3.8) is 0 Å². The van der Waals surface area contributed by atoms with Crippen molar-refractivity contribution in [2.24, 2.45) is 0 Å². The van der Waals surface area contributed by atoms with Crippen LogP contribution in [-0.4, -0.2) is 37.6 Å². The molecule has 0 aliphatic carbocycles. The van der Waals surface area contributed by atoms with E-state index in [2.05, 4.69) is 0 Å². The molecule has 166 valence electrons. The lowest BCUT2D eigenvalue weighted by atomic mass is 10.0. The number of carbonyl (C=O) groups is 2. The summed E-state index contributed by atoms with van der Waals surface area (Å²) >= 11 is 6.11. The largest absolute Gasteiger partial charge is 0.423 e. The maximum atomic E-state index is 12.8. The highest BCUT2D eigenvalue weighted by Gasteiger charge is 2.26. The van der Waals surface area contributed by atoms with Gasteiger partial charge in [0.1, 0.15) is 10.6 Å². The van der Waals surface area contributed by atoms with Crippen molar-refractivity contribution in [2.75, 3.05) is 13.1 Å². The molecule has 3 aromatic rings. The molecule has 0 aliphatic rings. The Kier molecular flexibility index (Phi) is 7.45. The van der Waals surface area contributed by atoms with E-state index in [-0.39, 0.29) is 40.1 Å². The molecule has 0 aromatic heterocycles. The highest BCUT2D eigenvalue weighted by molar-refractivity contribution is 7.89. The first-order valence-electron chi connectivity index (χ1n) is 9.99. The van der Waals surface area contributed by atoms with Crippen LogP contribution in [0.15, 0.2) is 77.7 Å². The van der Waals surface area contributed by atoms with Crippen LogP contribution in [0.3, 0.4) is 0 Å². The number of sulfonamides is 1. The first kappa shape index (κ1) is 23.7. The molecule has 3 rings (SSSR count). The Bertz CT molecular complexity index is 1220. The van der Waals surface area contributed by atoms with E-state index in [1.165, 1.54) is 34.6 Å². The van der Waals surface area contributed by atoms with Crippen molar-refractivity contribution in [2.45, 2.75) is 18.7 Å². The number of rotatable bonds is 8. The first-order chi connectivity index (χ1) is 15.3. The predicted molar refractivity (Wildman–Crippen MR) is 123 cm³/mol. The number of ketones is 1. The number of hydrogen-bond acceptors (Lipinski definition) is 5. The summed E-state index contributed by atoms with van der Waals surface area (Å²) in [5.41, 5.74) is 1.06. The van der Waals surface area contributed by atoms with Crippen LogP contribution in [0.5, 0.6) is 5.75 Å². The second kappa shape index (κ2) is 10.1. The van der Waals surface area contributed by atoms with Gasteiger partial charge in [-0.25, -0.2) is 13.2 Å². The predicted octanol–water partition coefficient (Wildman–Crippen LogP) is 4.82.